The molecule has 24 heavy (non-hydrogen) atoms. The highest BCUT2D eigenvalue weighted by Crippen LogP contribution is 2.20. The van der Waals surface area contributed by atoms with Crippen molar-refractivity contribution in [1.29, 1.82) is 0 Å². The van der Waals surface area contributed by atoms with E-state index in [0.29, 0.717) is 0 Å². The molecule has 0 saturated carbocycles. The van der Waals surface area contributed by atoms with Crippen LogP contribution in [0.15, 0.2) is 36.0 Å². The van der Waals surface area contributed by atoms with Crippen molar-refractivity contribution in [2.24, 2.45) is 0 Å². The van der Waals surface area contributed by atoms with Crippen molar-refractivity contribution >= 4 is 17.5 Å². The molecule has 2 N–H and O–H groups in total. The highest BCUT2D eigenvalue weighted by atomic mass is 16.3. The Kier molecular flexibility index (Phi) is 5.27. The number of nitrogens with zero attached hydrogens (tertiary/aromatic N) is 2. The fraction of sp³-hybridized carbons (Fsp3) is 0.444. The third-order valence-corrected chi connectivity index (χ3v) is 4.39. The normalized spacial score (nSPS) is 18.9. The molecule has 0 radical (unpaired) electrons. The van der Waals surface area contributed by atoms with E-state index in [2.05, 4.69) is 16.3 Å². The van der Waals surface area contributed by atoms with Gasteiger partial charge in [-0.1, -0.05) is 18.6 Å². The summed E-state index contributed by atoms with van der Waals surface area (Å²) in [5.74, 6) is -0.781. The van der Waals surface area contributed by atoms with Gasteiger partial charge in [0, 0.05) is 18.3 Å². The lowest BCUT2D eigenvalue weighted by atomic mass is 10.1. The smallest absolute Gasteiger partial charge is 0.277 e. The third kappa shape index (κ3) is 3.83. The Labute approximate surface area is 141 Å². The molecule has 2 aliphatic rings. The number of hydrogen-bond donors (Lipinski definition) is 2. The molecule has 6 heteroatoms. The van der Waals surface area contributed by atoms with Gasteiger partial charge in [0.05, 0.1) is 13.2 Å². The summed E-state index contributed by atoms with van der Waals surface area (Å²) in [6, 6.07) is 7.93. The number of imide groups is 1. The first-order valence-electron chi connectivity index (χ1n) is 8.44. The Morgan fingerprint density at radius 1 is 1.12 bits per heavy atom. The van der Waals surface area contributed by atoms with Crippen molar-refractivity contribution in [2.45, 2.75) is 25.8 Å². The Bertz CT molecular complexity index is 651. The lowest BCUT2D eigenvalue weighted by Gasteiger charge is -2.26. The first-order valence-corrected chi connectivity index (χ1v) is 8.44. The molecule has 0 unspecified atom stereocenters. The fourth-order valence-corrected chi connectivity index (χ4v) is 3.19. The molecular weight excluding hydrogens is 306 g/mol. The van der Waals surface area contributed by atoms with Crippen LogP contribution in [0.25, 0.3) is 0 Å². The van der Waals surface area contributed by atoms with Crippen LogP contribution in [0, 0.1) is 0 Å². The minimum Gasteiger partial charge on any atom is -0.395 e. The fourth-order valence-electron chi connectivity index (χ4n) is 3.19. The van der Waals surface area contributed by atoms with Crippen LogP contribution in [0.5, 0.6) is 0 Å². The summed E-state index contributed by atoms with van der Waals surface area (Å²) in [5.41, 5.74) is 2.23. The van der Waals surface area contributed by atoms with Crippen LogP contribution >= 0.6 is 0 Å². The van der Waals surface area contributed by atoms with Crippen LogP contribution < -0.4 is 5.32 Å². The maximum atomic E-state index is 12.2. The van der Waals surface area contributed by atoms with Crippen LogP contribution in [-0.4, -0.2) is 53.0 Å². The van der Waals surface area contributed by atoms with Crippen LogP contribution in [-0.2, 0) is 16.1 Å². The number of piperidine rings is 1. The summed E-state index contributed by atoms with van der Waals surface area (Å²) in [5, 5.41) is 12.0. The van der Waals surface area contributed by atoms with Gasteiger partial charge in [-0.3, -0.25) is 19.4 Å². The zero-order chi connectivity index (χ0) is 16.9. The van der Waals surface area contributed by atoms with Crippen molar-refractivity contribution in [3.8, 4) is 0 Å². The predicted molar refractivity (Wildman–Crippen MR) is 91.1 cm³/mol. The molecule has 2 aliphatic heterocycles. The second kappa shape index (κ2) is 7.59. The number of aliphatic hydroxyl groups is 1. The van der Waals surface area contributed by atoms with Crippen molar-refractivity contribution in [2.75, 3.05) is 31.6 Å². The number of benzene rings is 1. The Morgan fingerprint density at radius 3 is 2.67 bits per heavy atom. The molecule has 2 amide bonds. The molecule has 6 nitrogen and oxygen atoms in total. The van der Waals surface area contributed by atoms with Gasteiger partial charge in [0.2, 0.25) is 0 Å². The second-order valence-corrected chi connectivity index (χ2v) is 6.24. The van der Waals surface area contributed by atoms with Crippen molar-refractivity contribution < 1.29 is 14.7 Å². The van der Waals surface area contributed by atoms with E-state index in [-0.39, 0.29) is 24.8 Å². The third-order valence-electron chi connectivity index (χ3n) is 4.39. The molecule has 3 rings (SSSR count). The second-order valence-electron chi connectivity index (χ2n) is 6.24. The predicted octanol–water partition coefficient (Wildman–Crippen LogP) is 1.33. The zero-order valence-electron chi connectivity index (χ0n) is 13.7. The maximum absolute atomic E-state index is 12.2. The molecule has 128 valence electrons. The summed E-state index contributed by atoms with van der Waals surface area (Å²) >= 11 is 0. The van der Waals surface area contributed by atoms with E-state index >= 15 is 0 Å². The number of hydrogen-bond acceptors (Lipinski definition) is 5. The van der Waals surface area contributed by atoms with E-state index in [1.165, 1.54) is 30.9 Å². The maximum Gasteiger partial charge on any atom is 0.277 e. The first kappa shape index (κ1) is 16.7. The standard InChI is InChI=1S/C18H23N3O3/c22-10-9-21-17(23)12-16(18(21)24)19-15-6-4-5-14(11-15)13-20-7-2-1-3-8-20/h4-6,11-12,19,22H,1-3,7-10,13H2. The van der Waals surface area contributed by atoms with E-state index in [0.717, 1.165) is 30.2 Å². The number of anilines is 1. The summed E-state index contributed by atoms with van der Waals surface area (Å²) in [6.45, 7) is 2.95. The van der Waals surface area contributed by atoms with Gasteiger partial charge >= 0.3 is 0 Å². The molecule has 1 saturated heterocycles. The van der Waals surface area contributed by atoms with E-state index in [1.807, 2.05) is 18.2 Å². The summed E-state index contributed by atoms with van der Waals surface area (Å²) in [6.07, 6.45) is 5.10. The molecule has 0 aromatic heterocycles. The molecular formula is C18H23N3O3. The molecule has 0 bridgehead atoms. The van der Waals surface area contributed by atoms with E-state index in [9.17, 15) is 9.59 Å². The molecule has 1 aromatic carbocycles. The Balaban J connectivity index is 1.65. The number of carbonyl (C=O) groups is 2. The largest absolute Gasteiger partial charge is 0.395 e. The molecule has 0 aliphatic carbocycles. The van der Waals surface area contributed by atoms with Crippen LogP contribution in [0.3, 0.4) is 0 Å². The van der Waals surface area contributed by atoms with E-state index in [1.54, 1.807) is 0 Å². The van der Waals surface area contributed by atoms with Crippen molar-refractivity contribution in [3.05, 3.63) is 41.6 Å². The van der Waals surface area contributed by atoms with Gasteiger partial charge in [-0.05, 0) is 43.6 Å². The van der Waals surface area contributed by atoms with Crippen molar-refractivity contribution in [3.63, 3.8) is 0 Å². The number of carbonyl (C=O) groups excluding carboxylic acids is 2. The van der Waals surface area contributed by atoms with Crippen LogP contribution in [0.4, 0.5) is 5.69 Å². The number of likely N-dealkylation sites (tertiary alicyclic amines) is 1. The first-order chi connectivity index (χ1) is 11.7. The molecule has 0 spiro atoms. The van der Waals surface area contributed by atoms with Crippen molar-refractivity contribution in [1.82, 2.24) is 9.80 Å². The highest BCUT2D eigenvalue weighted by molar-refractivity contribution is 6.17. The Morgan fingerprint density at radius 2 is 1.92 bits per heavy atom. The van der Waals surface area contributed by atoms with Gasteiger partial charge in [-0.25, -0.2) is 0 Å². The average Bonchev–Trinajstić information content (AvgIpc) is 2.84. The number of amides is 2. The highest BCUT2D eigenvalue weighted by Gasteiger charge is 2.30. The van der Waals surface area contributed by atoms with Gasteiger partial charge < -0.3 is 10.4 Å². The summed E-state index contributed by atoms with van der Waals surface area (Å²) in [4.78, 5) is 27.4. The zero-order valence-corrected chi connectivity index (χ0v) is 13.7. The quantitative estimate of drug-likeness (QED) is 0.771. The van der Waals surface area contributed by atoms with Gasteiger partial charge in [0.1, 0.15) is 5.70 Å². The van der Waals surface area contributed by atoms with Crippen LogP contribution in [0.2, 0.25) is 0 Å². The average molecular weight is 329 g/mol. The van der Waals surface area contributed by atoms with E-state index < -0.39 is 5.91 Å². The molecule has 1 aromatic rings. The van der Waals surface area contributed by atoms with Crippen LogP contribution in [0.1, 0.15) is 24.8 Å². The summed E-state index contributed by atoms with van der Waals surface area (Å²) < 4.78 is 0. The SMILES string of the molecule is O=C1C=C(Nc2cccc(CN3CCCCC3)c2)C(=O)N1CCO. The number of aliphatic hydroxyl groups excluding tert-OH is 1. The van der Waals surface area contributed by atoms with Gasteiger partial charge in [0.25, 0.3) is 11.8 Å². The molecule has 2 heterocycles. The van der Waals surface area contributed by atoms with Gasteiger partial charge in [0.15, 0.2) is 0 Å². The number of β-amino-alcohol motifs (C(OH)–C–C–N with tert-alkyl or cyclic N) is 1. The minimum atomic E-state index is -0.393. The topological polar surface area (TPSA) is 72.9 Å². The van der Waals surface area contributed by atoms with E-state index in [4.69, 9.17) is 5.11 Å². The molecule has 0 atom stereocenters. The minimum absolute atomic E-state index is 0.0222. The lowest BCUT2D eigenvalue weighted by Crippen LogP contribution is -2.34. The monoisotopic (exact) mass is 329 g/mol. The van der Waals surface area contributed by atoms with Gasteiger partial charge in [-0.15, -0.1) is 0 Å². The number of nitrogens with one attached hydrogen (secondary N) is 1. The number of rotatable bonds is 6. The Hall–Kier alpha value is -2.18. The van der Waals surface area contributed by atoms with Gasteiger partial charge in [-0.2, -0.15) is 0 Å². The lowest BCUT2D eigenvalue weighted by molar-refractivity contribution is -0.137. The molecule has 1 fully saturated rings. The summed E-state index contributed by atoms with van der Waals surface area (Å²) in [7, 11) is 0.